The minimum absolute atomic E-state index is 0.189. The van der Waals surface area contributed by atoms with Gasteiger partial charge in [0.1, 0.15) is 11.5 Å². The van der Waals surface area contributed by atoms with Crippen molar-refractivity contribution >= 4 is 23.3 Å². The van der Waals surface area contributed by atoms with Gasteiger partial charge in [0.05, 0.1) is 17.3 Å². The Balaban J connectivity index is 2.06. The lowest BCUT2D eigenvalue weighted by Gasteiger charge is -2.08. The Hall–Kier alpha value is -2.21. The Morgan fingerprint density at radius 3 is 2.90 bits per heavy atom. The lowest BCUT2D eigenvalue weighted by atomic mass is 10.3. The molecule has 0 aliphatic heterocycles. The van der Waals surface area contributed by atoms with E-state index in [0.717, 1.165) is 6.54 Å². The summed E-state index contributed by atoms with van der Waals surface area (Å²) < 4.78 is 0. The van der Waals surface area contributed by atoms with Crippen molar-refractivity contribution in [2.24, 2.45) is 0 Å². The van der Waals surface area contributed by atoms with E-state index >= 15 is 0 Å². The first-order chi connectivity index (χ1) is 9.70. The fourth-order valence-electron chi connectivity index (χ4n) is 1.56. The highest BCUT2D eigenvalue weighted by Gasteiger charge is 2.13. The molecule has 0 saturated heterocycles. The number of nitrogens with zero attached hydrogens (tertiary/aromatic N) is 3. The van der Waals surface area contributed by atoms with E-state index < -0.39 is 0 Å². The summed E-state index contributed by atoms with van der Waals surface area (Å²) in [5.41, 5.74) is 0.855. The third-order valence-electron chi connectivity index (χ3n) is 2.48. The zero-order chi connectivity index (χ0) is 14.4. The van der Waals surface area contributed by atoms with Crippen LogP contribution in [0.15, 0.2) is 30.5 Å². The van der Waals surface area contributed by atoms with Crippen LogP contribution in [0, 0.1) is 0 Å². The average molecular weight is 292 g/mol. The second-order valence-electron chi connectivity index (χ2n) is 3.95. The maximum atomic E-state index is 12.1. The first kappa shape index (κ1) is 14.2. The highest BCUT2D eigenvalue weighted by molar-refractivity contribution is 6.33. The molecular formula is C13H14ClN5O. The van der Waals surface area contributed by atoms with Crippen molar-refractivity contribution in [3.63, 3.8) is 0 Å². The summed E-state index contributed by atoms with van der Waals surface area (Å²) >= 11 is 5.99. The third-order valence-corrected chi connectivity index (χ3v) is 2.78. The smallest absolute Gasteiger partial charge is 0.271 e. The number of anilines is 1. The summed E-state index contributed by atoms with van der Waals surface area (Å²) in [5, 5.41) is 13.7. The van der Waals surface area contributed by atoms with Crippen molar-refractivity contribution in [2.45, 2.75) is 13.5 Å². The molecule has 2 aromatic rings. The Bertz CT molecular complexity index is 591. The van der Waals surface area contributed by atoms with Gasteiger partial charge in [-0.25, -0.2) is 4.98 Å². The van der Waals surface area contributed by atoms with Gasteiger partial charge in [0.2, 0.25) is 0 Å². The van der Waals surface area contributed by atoms with Crippen molar-refractivity contribution < 1.29 is 4.79 Å². The van der Waals surface area contributed by atoms with Gasteiger partial charge < -0.3 is 10.6 Å². The van der Waals surface area contributed by atoms with Crippen LogP contribution in [-0.4, -0.2) is 27.6 Å². The van der Waals surface area contributed by atoms with Crippen molar-refractivity contribution in [3.8, 4) is 0 Å². The molecule has 6 nitrogen and oxygen atoms in total. The first-order valence-electron chi connectivity index (χ1n) is 6.16. The number of nitrogens with one attached hydrogen (secondary N) is 2. The minimum Gasteiger partial charge on any atom is -0.370 e. The van der Waals surface area contributed by atoms with E-state index in [2.05, 4.69) is 25.8 Å². The molecule has 7 heteroatoms. The maximum absolute atomic E-state index is 12.1. The molecule has 0 aromatic carbocycles. The van der Waals surface area contributed by atoms with Crippen molar-refractivity contribution in [1.29, 1.82) is 0 Å². The van der Waals surface area contributed by atoms with E-state index in [0.29, 0.717) is 16.5 Å². The summed E-state index contributed by atoms with van der Waals surface area (Å²) in [6.07, 6.45) is 1.57. The van der Waals surface area contributed by atoms with Crippen LogP contribution >= 0.6 is 11.6 Å². The van der Waals surface area contributed by atoms with Crippen LogP contribution in [0.5, 0.6) is 0 Å². The van der Waals surface area contributed by atoms with Crippen LogP contribution in [0.3, 0.4) is 0 Å². The van der Waals surface area contributed by atoms with Crippen molar-refractivity contribution in [3.05, 3.63) is 46.9 Å². The normalized spacial score (nSPS) is 10.1. The number of amides is 1. The summed E-state index contributed by atoms with van der Waals surface area (Å²) in [4.78, 5) is 16.2. The van der Waals surface area contributed by atoms with Gasteiger partial charge in [-0.2, -0.15) is 10.2 Å². The van der Waals surface area contributed by atoms with Gasteiger partial charge in [-0.3, -0.25) is 4.79 Å². The molecule has 2 N–H and O–H groups in total. The van der Waals surface area contributed by atoms with Gasteiger partial charge in [0, 0.05) is 12.7 Å². The molecule has 0 aliphatic carbocycles. The highest BCUT2D eigenvalue weighted by Crippen LogP contribution is 2.16. The predicted molar refractivity (Wildman–Crippen MR) is 76.6 cm³/mol. The molecule has 2 aromatic heterocycles. The SMILES string of the molecule is CCNc1ccc(Cl)c(C(=O)NCc2cccnn2)n1. The molecule has 0 atom stereocenters. The van der Waals surface area contributed by atoms with Crippen LogP contribution < -0.4 is 10.6 Å². The zero-order valence-corrected chi connectivity index (χ0v) is 11.7. The van der Waals surface area contributed by atoms with E-state index in [1.54, 1.807) is 30.5 Å². The van der Waals surface area contributed by atoms with Crippen LogP contribution in [0.2, 0.25) is 5.02 Å². The van der Waals surface area contributed by atoms with Crippen LogP contribution in [0.4, 0.5) is 5.82 Å². The number of carbonyl (C=O) groups excluding carboxylic acids is 1. The number of aromatic nitrogens is 3. The number of carbonyl (C=O) groups is 1. The maximum Gasteiger partial charge on any atom is 0.271 e. The molecule has 0 radical (unpaired) electrons. The molecule has 2 rings (SSSR count). The zero-order valence-electron chi connectivity index (χ0n) is 10.9. The average Bonchev–Trinajstić information content (AvgIpc) is 2.48. The van der Waals surface area contributed by atoms with Crippen LogP contribution in [-0.2, 0) is 6.54 Å². The number of rotatable bonds is 5. The molecule has 20 heavy (non-hydrogen) atoms. The van der Waals surface area contributed by atoms with Gasteiger partial charge >= 0.3 is 0 Å². The van der Waals surface area contributed by atoms with Crippen LogP contribution in [0.25, 0.3) is 0 Å². The molecule has 1 amide bonds. The molecule has 2 heterocycles. The predicted octanol–water partition coefficient (Wildman–Crippen LogP) is 1.89. The Kier molecular flexibility index (Phi) is 4.84. The Labute approximate surface area is 121 Å². The lowest BCUT2D eigenvalue weighted by molar-refractivity contribution is 0.0945. The number of pyridine rings is 1. The summed E-state index contributed by atoms with van der Waals surface area (Å²) in [7, 11) is 0. The first-order valence-corrected chi connectivity index (χ1v) is 6.53. The second-order valence-corrected chi connectivity index (χ2v) is 4.36. The number of halogens is 1. The van der Waals surface area contributed by atoms with Gasteiger partial charge in [-0.15, -0.1) is 0 Å². The monoisotopic (exact) mass is 291 g/mol. The quantitative estimate of drug-likeness (QED) is 0.879. The summed E-state index contributed by atoms with van der Waals surface area (Å²) in [6, 6.07) is 6.90. The van der Waals surface area contributed by atoms with E-state index in [9.17, 15) is 4.79 Å². The van der Waals surface area contributed by atoms with Gasteiger partial charge in [-0.1, -0.05) is 11.6 Å². The standard InChI is InChI=1S/C13H14ClN5O/c1-2-15-11-6-5-10(14)12(18-11)13(20)16-8-9-4-3-7-17-19-9/h3-7H,2,8H2,1H3,(H,15,18)(H,16,20). The van der Waals surface area contributed by atoms with E-state index in [-0.39, 0.29) is 18.1 Å². The molecule has 0 unspecified atom stereocenters. The molecule has 0 fully saturated rings. The lowest BCUT2D eigenvalue weighted by Crippen LogP contribution is -2.25. The summed E-state index contributed by atoms with van der Waals surface area (Å²) in [5.74, 6) is 0.266. The van der Waals surface area contributed by atoms with Gasteiger partial charge in [0.15, 0.2) is 0 Å². The molecule has 0 aliphatic rings. The van der Waals surface area contributed by atoms with E-state index in [1.165, 1.54) is 0 Å². The van der Waals surface area contributed by atoms with Crippen molar-refractivity contribution in [1.82, 2.24) is 20.5 Å². The largest absolute Gasteiger partial charge is 0.370 e. The highest BCUT2D eigenvalue weighted by atomic mass is 35.5. The minimum atomic E-state index is -0.347. The molecule has 0 bridgehead atoms. The van der Waals surface area contributed by atoms with Gasteiger partial charge in [0.25, 0.3) is 5.91 Å². The van der Waals surface area contributed by atoms with E-state index in [4.69, 9.17) is 11.6 Å². The number of hydrogen-bond donors (Lipinski definition) is 2. The third kappa shape index (κ3) is 3.64. The Morgan fingerprint density at radius 2 is 2.20 bits per heavy atom. The molecular weight excluding hydrogens is 278 g/mol. The van der Waals surface area contributed by atoms with E-state index in [1.807, 2.05) is 6.92 Å². The number of hydrogen-bond acceptors (Lipinski definition) is 5. The molecule has 0 saturated carbocycles. The fraction of sp³-hybridized carbons (Fsp3) is 0.231. The summed E-state index contributed by atoms with van der Waals surface area (Å²) in [6.45, 7) is 2.94. The van der Waals surface area contributed by atoms with Crippen molar-refractivity contribution in [2.75, 3.05) is 11.9 Å². The van der Waals surface area contributed by atoms with Crippen LogP contribution in [0.1, 0.15) is 23.1 Å². The van der Waals surface area contributed by atoms with Gasteiger partial charge in [-0.05, 0) is 31.2 Å². The molecule has 104 valence electrons. The fourth-order valence-corrected chi connectivity index (χ4v) is 1.75. The second kappa shape index (κ2) is 6.81. The Morgan fingerprint density at radius 1 is 1.35 bits per heavy atom. The molecule has 0 spiro atoms. The topological polar surface area (TPSA) is 79.8 Å².